The Balaban J connectivity index is 2.20. The van der Waals surface area contributed by atoms with Gasteiger partial charge in [0.1, 0.15) is 0 Å². The van der Waals surface area contributed by atoms with Crippen molar-refractivity contribution < 1.29 is 13.2 Å². The van der Waals surface area contributed by atoms with Gasteiger partial charge in [0.15, 0.2) is 15.8 Å². The molecule has 1 aliphatic heterocycles. The smallest absolute Gasteiger partial charge is 0.222 e. The topological polar surface area (TPSA) is 103 Å². The Morgan fingerprint density at radius 1 is 1.15 bits per heavy atom. The summed E-state index contributed by atoms with van der Waals surface area (Å²) in [6, 6.07) is 0.802. The summed E-state index contributed by atoms with van der Waals surface area (Å²) in [6.07, 6.45) is 1.80. The molecule has 1 amide bonds. The van der Waals surface area contributed by atoms with Gasteiger partial charge in [-0.25, -0.2) is 8.42 Å². The highest BCUT2D eigenvalue weighted by atomic mass is 32.2. The molecule has 8 nitrogen and oxygen atoms in total. The maximum atomic E-state index is 11.9. The Morgan fingerprint density at radius 3 is 2.30 bits per heavy atom. The Kier molecular flexibility index (Phi) is 10.1. The van der Waals surface area contributed by atoms with Crippen LogP contribution in [0.15, 0.2) is 4.99 Å². The number of hydrogen-bond acceptors (Lipinski definition) is 5. The molecule has 0 aromatic carbocycles. The predicted molar refractivity (Wildman–Crippen MR) is 111 cm³/mol. The Bertz CT molecular complexity index is 582. The van der Waals surface area contributed by atoms with Gasteiger partial charge in [0, 0.05) is 51.2 Å². The second-order valence-corrected chi connectivity index (χ2v) is 9.85. The van der Waals surface area contributed by atoms with Crippen LogP contribution in [0, 0.1) is 0 Å². The summed E-state index contributed by atoms with van der Waals surface area (Å²) in [6.45, 7) is 11.1. The maximum absolute atomic E-state index is 11.9. The van der Waals surface area contributed by atoms with Gasteiger partial charge in [0.05, 0.1) is 11.5 Å². The van der Waals surface area contributed by atoms with Crippen LogP contribution in [0.4, 0.5) is 0 Å². The van der Waals surface area contributed by atoms with Crippen molar-refractivity contribution in [2.45, 2.75) is 65.1 Å². The number of nitrogens with zero attached hydrogens (tertiary/aromatic N) is 2. The number of sulfone groups is 1. The van der Waals surface area contributed by atoms with Crippen LogP contribution in [0.1, 0.15) is 47.0 Å². The van der Waals surface area contributed by atoms with Gasteiger partial charge < -0.3 is 16.0 Å². The van der Waals surface area contributed by atoms with Crippen molar-refractivity contribution in [2.75, 3.05) is 38.2 Å². The van der Waals surface area contributed by atoms with Crippen LogP contribution in [0.25, 0.3) is 0 Å². The molecule has 1 fully saturated rings. The maximum Gasteiger partial charge on any atom is 0.222 e. The number of hydrogen-bond donors (Lipinski definition) is 3. The highest BCUT2D eigenvalue weighted by molar-refractivity contribution is 7.91. The minimum Gasteiger partial charge on any atom is -0.356 e. The van der Waals surface area contributed by atoms with Crippen LogP contribution in [-0.4, -0.2) is 81.5 Å². The van der Waals surface area contributed by atoms with E-state index < -0.39 is 9.84 Å². The van der Waals surface area contributed by atoms with Crippen molar-refractivity contribution in [3.63, 3.8) is 0 Å². The molecule has 0 radical (unpaired) electrons. The predicted octanol–water partition coefficient (Wildman–Crippen LogP) is 0.354. The number of amides is 1. The quantitative estimate of drug-likeness (QED) is 0.276. The van der Waals surface area contributed by atoms with E-state index in [0.717, 1.165) is 19.5 Å². The fraction of sp³-hybridized carbons (Fsp3) is 0.889. The Hall–Kier alpha value is -1.35. The summed E-state index contributed by atoms with van der Waals surface area (Å²) in [5.41, 5.74) is 0. The molecule has 158 valence electrons. The molecule has 0 aliphatic carbocycles. The fourth-order valence-corrected chi connectivity index (χ4v) is 4.98. The van der Waals surface area contributed by atoms with Gasteiger partial charge in [-0.1, -0.05) is 0 Å². The van der Waals surface area contributed by atoms with Gasteiger partial charge in [-0.3, -0.25) is 14.7 Å². The normalized spacial score (nSPS) is 19.7. The van der Waals surface area contributed by atoms with Gasteiger partial charge in [-0.05, 0) is 40.5 Å². The molecule has 1 unspecified atom stereocenters. The molecule has 0 aromatic rings. The largest absolute Gasteiger partial charge is 0.356 e. The second-order valence-electron chi connectivity index (χ2n) is 7.62. The average Bonchev–Trinajstić information content (AvgIpc) is 2.90. The van der Waals surface area contributed by atoms with E-state index in [-0.39, 0.29) is 29.9 Å². The molecule has 9 heteroatoms. The molecular formula is C18H37N5O3S. The zero-order valence-electron chi connectivity index (χ0n) is 17.4. The Labute approximate surface area is 164 Å². The lowest BCUT2D eigenvalue weighted by molar-refractivity contribution is -0.121. The molecule has 1 saturated heterocycles. The monoisotopic (exact) mass is 403 g/mol. The van der Waals surface area contributed by atoms with E-state index >= 15 is 0 Å². The molecular weight excluding hydrogens is 366 g/mol. The van der Waals surface area contributed by atoms with Gasteiger partial charge in [0.25, 0.3) is 0 Å². The van der Waals surface area contributed by atoms with E-state index in [2.05, 4.69) is 53.5 Å². The number of nitrogens with one attached hydrogen (secondary N) is 3. The van der Waals surface area contributed by atoms with Gasteiger partial charge in [0.2, 0.25) is 5.91 Å². The summed E-state index contributed by atoms with van der Waals surface area (Å²) in [5.74, 6) is 0.758. The third-order valence-electron chi connectivity index (χ3n) is 4.68. The standard InChI is InChI=1S/C18H37N5O3S/c1-14(2)23(15(3)4)11-6-9-20-18(19-5)21-10-7-17(24)22-16-8-12-27(25,26)13-16/h14-16H,6-13H2,1-5H3,(H,22,24)(H2,19,20,21). The molecule has 3 N–H and O–H groups in total. The van der Waals surface area contributed by atoms with E-state index in [1.807, 2.05) is 0 Å². The van der Waals surface area contributed by atoms with Crippen molar-refractivity contribution in [2.24, 2.45) is 4.99 Å². The van der Waals surface area contributed by atoms with Crippen LogP contribution in [-0.2, 0) is 14.6 Å². The second kappa shape index (κ2) is 11.5. The molecule has 0 saturated carbocycles. The lowest BCUT2D eigenvalue weighted by Gasteiger charge is -2.30. The average molecular weight is 404 g/mol. The summed E-state index contributed by atoms with van der Waals surface area (Å²) in [7, 11) is -1.27. The van der Waals surface area contributed by atoms with Crippen LogP contribution < -0.4 is 16.0 Å². The number of carbonyl (C=O) groups is 1. The molecule has 0 spiro atoms. The minimum absolute atomic E-state index is 0.0547. The van der Waals surface area contributed by atoms with Crippen LogP contribution in [0.5, 0.6) is 0 Å². The third kappa shape index (κ3) is 9.41. The lowest BCUT2D eigenvalue weighted by atomic mass is 10.2. The van der Waals surface area contributed by atoms with E-state index in [1.165, 1.54) is 0 Å². The molecule has 1 heterocycles. The van der Waals surface area contributed by atoms with Gasteiger partial charge >= 0.3 is 0 Å². The molecule has 0 bridgehead atoms. The number of aliphatic imine (C=N–C) groups is 1. The summed E-state index contributed by atoms with van der Waals surface area (Å²) in [4.78, 5) is 18.5. The van der Waals surface area contributed by atoms with Crippen molar-refractivity contribution in [1.82, 2.24) is 20.9 Å². The Morgan fingerprint density at radius 2 is 1.78 bits per heavy atom. The molecule has 27 heavy (non-hydrogen) atoms. The van der Waals surface area contributed by atoms with Crippen LogP contribution >= 0.6 is 0 Å². The first-order chi connectivity index (χ1) is 12.6. The molecule has 1 rings (SSSR count). The highest BCUT2D eigenvalue weighted by Gasteiger charge is 2.28. The number of rotatable bonds is 10. The van der Waals surface area contributed by atoms with E-state index in [0.29, 0.717) is 31.0 Å². The summed E-state index contributed by atoms with van der Waals surface area (Å²) >= 11 is 0. The number of guanidine groups is 1. The molecule has 1 atom stereocenters. The zero-order valence-corrected chi connectivity index (χ0v) is 18.2. The molecule has 1 aliphatic rings. The van der Waals surface area contributed by atoms with Crippen molar-refractivity contribution in [1.29, 1.82) is 0 Å². The van der Waals surface area contributed by atoms with E-state index in [9.17, 15) is 13.2 Å². The highest BCUT2D eigenvalue weighted by Crippen LogP contribution is 2.11. The zero-order chi connectivity index (χ0) is 20.4. The van der Waals surface area contributed by atoms with Crippen LogP contribution in [0.2, 0.25) is 0 Å². The summed E-state index contributed by atoms with van der Waals surface area (Å²) < 4.78 is 22.8. The minimum atomic E-state index is -2.97. The fourth-order valence-electron chi connectivity index (χ4n) is 3.30. The van der Waals surface area contributed by atoms with Crippen LogP contribution in [0.3, 0.4) is 0 Å². The van der Waals surface area contributed by atoms with Crippen molar-refractivity contribution >= 4 is 21.7 Å². The van der Waals surface area contributed by atoms with E-state index in [1.54, 1.807) is 7.05 Å². The lowest BCUT2D eigenvalue weighted by Crippen LogP contribution is -2.42. The SMILES string of the molecule is CN=C(NCCCN(C(C)C)C(C)C)NCCC(=O)NC1CCS(=O)(=O)C1. The summed E-state index contributed by atoms with van der Waals surface area (Å²) in [5, 5.41) is 9.17. The van der Waals surface area contributed by atoms with Gasteiger partial charge in [-0.2, -0.15) is 0 Å². The van der Waals surface area contributed by atoms with Crippen molar-refractivity contribution in [3.8, 4) is 0 Å². The molecule has 0 aromatic heterocycles. The number of carbonyl (C=O) groups excluding carboxylic acids is 1. The van der Waals surface area contributed by atoms with E-state index in [4.69, 9.17) is 0 Å². The third-order valence-corrected chi connectivity index (χ3v) is 6.45. The first-order valence-corrected chi connectivity index (χ1v) is 11.7. The van der Waals surface area contributed by atoms with Crippen molar-refractivity contribution in [3.05, 3.63) is 0 Å². The van der Waals surface area contributed by atoms with Gasteiger partial charge in [-0.15, -0.1) is 0 Å². The first kappa shape index (κ1) is 23.7. The first-order valence-electron chi connectivity index (χ1n) is 9.84.